The molecule has 0 aromatic carbocycles. The topological polar surface area (TPSA) is 67.2 Å². The van der Waals surface area contributed by atoms with Crippen LogP contribution in [0, 0.1) is 0 Å². The van der Waals surface area contributed by atoms with Gasteiger partial charge in [0, 0.05) is 57.0 Å². The van der Waals surface area contributed by atoms with Gasteiger partial charge >= 0.3 is 0 Å². The normalized spacial score (nSPS) is 17.3. The average Bonchev–Trinajstić information content (AvgIpc) is 3.30. The van der Waals surface area contributed by atoms with Crippen LogP contribution >= 0.6 is 11.3 Å². The summed E-state index contributed by atoms with van der Waals surface area (Å²) in [4.78, 5) is 30.8. The average molecular weight is 375 g/mol. The first-order valence-electron chi connectivity index (χ1n) is 9.20. The maximum absolute atomic E-state index is 12.7. The number of carbonyl (C=O) groups excluding carboxylic acids is 2. The molecule has 2 aromatic rings. The van der Waals surface area contributed by atoms with E-state index in [1.807, 2.05) is 41.8 Å². The lowest BCUT2D eigenvalue weighted by molar-refractivity contribution is -0.120. The minimum atomic E-state index is 0.0718. The molecule has 3 heterocycles. The molecule has 0 spiro atoms. The number of carbonyl (C=O) groups is 2. The molecule has 3 rings (SSSR count). The van der Waals surface area contributed by atoms with Gasteiger partial charge in [0.2, 0.25) is 5.91 Å². The highest BCUT2D eigenvalue weighted by atomic mass is 32.1. The molecule has 140 valence electrons. The van der Waals surface area contributed by atoms with Crippen molar-refractivity contribution in [1.29, 1.82) is 0 Å². The fourth-order valence-electron chi connectivity index (χ4n) is 3.29. The van der Waals surface area contributed by atoms with E-state index in [1.54, 1.807) is 11.3 Å². The fourth-order valence-corrected chi connectivity index (χ4v) is 4.27. The Kier molecular flexibility index (Phi) is 6.08. The predicted octanol–water partition coefficient (Wildman–Crippen LogP) is 2.57. The summed E-state index contributed by atoms with van der Waals surface area (Å²) < 4.78 is 1.87. The largest absolute Gasteiger partial charge is 0.356 e. The molecule has 6 nitrogen and oxygen atoms in total. The second-order valence-electron chi connectivity index (χ2n) is 6.73. The van der Waals surface area contributed by atoms with Crippen molar-refractivity contribution in [3.8, 4) is 0 Å². The van der Waals surface area contributed by atoms with E-state index >= 15 is 0 Å². The molecule has 0 unspecified atom stereocenters. The second-order valence-corrected chi connectivity index (χ2v) is 7.61. The summed E-state index contributed by atoms with van der Waals surface area (Å²) in [5.41, 5.74) is 1.75. The van der Waals surface area contributed by atoms with Crippen molar-refractivity contribution in [2.45, 2.75) is 38.5 Å². The van der Waals surface area contributed by atoms with E-state index in [9.17, 15) is 9.59 Å². The first-order valence-corrected chi connectivity index (χ1v) is 10.1. The summed E-state index contributed by atoms with van der Waals surface area (Å²) in [6, 6.07) is 3.77. The van der Waals surface area contributed by atoms with Gasteiger partial charge in [-0.15, -0.1) is 11.3 Å². The van der Waals surface area contributed by atoms with E-state index in [-0.39, 0.29) is 11.8 Å². The third kappa shape index (κ3) is 4.33. The molecule has 0 radical (unpaired) electrons. The molecular weight excluding hydrogens is 348 g/mol. The summed E-state index contributed by atoms with van der Waals surface area (Å²) in [7, 11) is 1.90. The van der Waals surface area contributed by atoms with Crippen LogP contribution in [0.4, 0.5) is 0 Å². The van der Waals surface area contributed by atoms with Gasteiger partial charge in [-0.25, -0.2) is 4.98 Å². The molecular formula is C19H26N4O2S. The lowest BCUT2D eigenvalue weighted by Gasteiger charge is -2.32. The Morgan fingerprint density at radius 1 is 1.42 bits per heavy atom. The summed E-state index contributed by atoms with van der Waals surface area (Å²) >= 11 is 1.67. The standard InChI is InChI=1S/C19H26N4O2S/c1-3-17(24)20-9-8-15-13-26-18(21-15)14-6-4-11-23(12-14)19(25)16-7-5-10-22(16)2/h5,7,10,13-14H,3-4,6,8-9,11-12H2,1-2H3,(H,20,24)/t14-/m1/s1. The Bertz CT molecular complexity index is 767. The molecule has 2 aromatic heterocycles. The molecule has 1 atom stereocenters. The number of nitrogens with zero attached hydrogens (tertiary/aromatic N) is 3. The van der Waals surface area contributed by atoms with Gasteiger partial charge in [-0.1, -0.05) is 6.92 Å². The zero-order valence-electron chi connectivity index (χ0n) is 15.4. The van der Waals surface area contributed by atoms with E-state index in [1.165, 1.54) is 0 Å². The van der Waals surface area contributed by atoms with Crippen LogP contribution < -0.4 is 5.32 Å². The first-order chi connectivity index (χ1) is 12.6. The number of piperidine rings is 1. The van der Waals surface area contributed by atoms with Crippen molar-refractivity contribution >= 4 is 23.2 Å². The maximum Gasteiger partial charge on any atom is 0.270 e. The van der Waals surface area contributed by atoms with Crippen molar-refractivity contribution in [3.05, 3.63) is 40.1 Å². The number of hydrogen-bond acceptors (Lipinski definition) is 4. The molecule has 0 saturated carbocycles. The second kappa shape index (κ2) is 8.49. The van der Waals surface area contributed by atoms with Gasteiger partial charge in [0.15, 0.2) is 0 Å². The van der Waals surface area contributed by atoms with Crippen LogP contribution in [0.1, 0.15) is 53.3 Å². The SMILES string of the molecule is CCC(=O)NCCc1csc([C@@H]2CCCN(C(=O)c3cccn3C)C2)n1. The molecule has 26 heavy (non-hydrogen) atoms. The van der Waals surface area contributed by atoms with E-state index in [0.717, 1.165) is 48.7 Å². The fraction of sp³-hybridized carbons (Fsp3) is 0.526. The van der Waals surface area contributed by atoms with Gasteiger partial charge in [0.1, 0.15) is 5.69 Å². The van der Waals surface area contributed by atoms with Gasteiger partial charge in [0.25, 0.3) is 5.91 Å². The molecule has 7 heteroatoms. The Morgan fingerprint density at radius 3 is 3.00 bits per heavy atom. The summed E-state index contributed by atoms with van der Waals surface area (Å²) in [6.07, 6.45) is 5.23. The monoisotopic (exact) mass is 374 g/mol. The quantitative estimate of drug-likeness (QED) is 0.845. The summed E-state index contributed by atoms with van der Waals surface area (Å²) in [6.45, 7) is 4.01. The number of amides is 2. The van der Waals surface area contributed by atoms with Crippen molar-refractivity contribution in [2.24, 2.45) is 7.05 Å². The molecule has 1 N–H and O–H groups in total. The van der Waals surface area contributed by atoms with E-state index < -0.39 is 0 Å². The van der Waals surface area contributed by atoms with Crippen LogP contribution in [0.25, 0.3) is 0 Å². The zero-order valence-corrected chi connectivity index (χ0v) is 16.2. The number of aromatic nitrogens is 2. The Hall–Kier alpha value is -2.15. The molecule has 1 fully saturated rings. The van der Waals surface area contributed by atoms with Gasteiger partial charge < -0.3 is 14.8 Å². The van der Waals surface area contributed by atoms with Crippen LogP contribution in [0.15, 0.2) is 23.7 Å². The molecule has 0 aliphatic carbocycles. The van der Waals surface area contributed by atoms with Crippen molar-refractivity contribution in [1.82, 2.24) is 19.8 Å². The van der Waals surface area contributed by atoms with E-state index in [2.05, 4.69) is 10.7 Å². The Morgan fingerprint density at radius 2 is 2.27 bits per heavy atom. The highest BCUT2D eigenvalue weighted by molar-refractivity contribution is 7.09. The van der Waals surface area contributed by atoms with Crippen LogP contribution in [-0.4, -0.2) is 45.9 Å². The lowest BCUT2D eigenvalue weighted by atomic mass is 9.98. The van der Waals surface area contributed by atoms with Gasteiger partial charge in [0.05, 0.1) is 10.7 Å². The van der Waals surface area contributed by atoms with Gasteiger partial charge in [-0.2, -0.15) is 0 Å². The van der Waals surface area contributed by atoms with E-state index in [0.29, 0.717) is 18.9 Å². The van der Waals surface area contributed by atoms with Crippen molar-refractivity contribution < 1.29 is 9.59 Å². The minimum Gasteiger partial charge on any atom is -0.356 e. The number of rotatable bonds is 6. The number of thiazole rings is 1. The third-order valence-electron chi connectivity index (χ3n) is 4.81. The number of likely N-dealkylation sites (tertiary alicyclic amines) is 1. The van der Waals surface area contributed by atoms with Crippen LogP contribution in [0.3, 0.4) is 0 Å². The van der Waals surface area contributed by atoms with Gasteiger partial charge in [-0.05, 0) is 25.0 Å². The van der Waals surface area contributed by atoms with E-state index in [4.69, 9.17) is 4.98 Å². The zero-order chi connectivity index (χ0) is 18.5. The Labute approximate surface area is 158 Å². The minimum absolute atomic E-state index is 0.0718. The Balaban J connectivity index is 1.59. The highest BCUT2D eigenvalue weighted by Gasteiger charge is 2.28. The molecule has 1 saturated heterocycles. The lowest BCUT2D eigenvalue weighted by Crippen LogP contribution is -2.39. The molecule has 1 aliphatic rings. The van der Waals surface area contributed by atoms with Crippen molar-refractivity contribution in [3.63, 3.8) is 0 Å². The summed E-state index contributed by atoms with van der Waals surface area (Å²) in [5, 5.41) is 6.06. The van der Waals surface area contributed by atoms with Crippen LogP contribution in [-0.2, 0) is 18.3 Å². The van der Waals surface area contributed by atoms with Crippen LogP contribution in [0.2, 0.25) is 0 Å². The van der Waals surface area contributed by atoms with Crippen molar-refractivity contribution in [2.75, 3.05) is 19.6 Å². The van der Waals surface area contributed by atoms with Crippen LogP contribution in [0.5, 0.6) is 0 Å². The smallest absolute Gasteiger partial charge is 0.270 e. The predicted molar refractivity (Wildman–Crippen MR) is 102 cm³/mol. The van der Waals surface area contributed by atoms with Gasteiger partial charge in [-0.3, -0.25) is 9.59 Å². The highest BCUT2D eigenvalue weighted by Crippen LogP contribution is 2.30. The maximum atomic E-state index is 12.7. The summed E-state index contributed by atoms with van der Waals surface area (Å²) in [5.74, 6) is 0.473. The number of aryl methyl sites for hydroxylation is 1. The molecule has 2 amide bonds. The third-order valence-corrected chi connectivity index (χ3v) is 5.87. The molecule has 1 aliphatic heterocycles. The number of nitrogens with one attached hydrogen (secondary N) is 1. The molecule has 0 bridgehead atoms. The first kappa shape index (κ1) is 18.6. The number of hydrogen-bond donors (Lipinski definition) is 1.